The van der Waals surface area contributed by atoms with Gasteiger partial charge in [-0.05, 0) is 57.5 Å². The van der Waals surface area contributed by atoms with Crippen LogP contribution < -0.4 is 19.5 Å². The fraction of sp³-hybridized carbons (Fsp3) is 0.440. The highest BCUT2D eigenvalue weighted by atomic mass is 19.3. The van der Waals surface area contributed by atoms with Crippen molar-refractivity contribution < 1.29 is 27.8 Å². The van der Waals surface area contributed by atoms with E-state index in [1.54, 1.807) is 12.3 Å². The van der Waals surface area contributed by atoms with Crippen LogP contribution in [0.4, 0.5) is 8.78 Å². The molecule has 2 aliphatic rings. The Kier molecular flexibility index (Phi) is 6.46. The van der Waals surface area contributed by atoms with Crippen LogP contribution in [0.2, 0.25) is 0 Å². The van der Waals surface area contributed by atoms with E-state index in [1.807, 2.05) is 22.7 Å². The summed E-state index contributed by atoms with van der Waals surface area (Å²) in [4.78, 5) is 19.5. The molecule has 0 radical (unpaired) electrons. The topological polar surface area (TPSA) is 77.3 Å². The van der Waals surface area contributed by atoms with Crippen molar-refractivity contribution in [2.24, 2.45) is 0 Å². The van der Waals surface area contributed by atoms with Crippen molar-refractivity contribution in [1.82, 2.24) is 19.6 Å². The zero-order valence-corrected chi connectivity index (χ0v) is 19.7. The molecule has 1 unspecified atom stereocenters. The number of ether oxygens (including phenoxy) is 3. The van der Waals surface area contributed by atoms with Gasteiger partial charge in [0.2, 0.25) is 0 Å². The van der Waals surface area contributed by atoms with Gasteiger partial charge in [0.15, 0.2) is 0 Å². The third-order valence-electron chi connectivity index (χ3n) is 6.54. The Morgan fingerprint density at radius 1 is 1.23 bits per heavy atom. The maximum Gasteiger partial charge on any atom is 0.387 e. The molecule has 10 heteroatoms. The second-order valence-corrected chi connectivity index (χ2v) is 9.00. The Hall–Kier alpha value is -3.40. The van der Waals surface area contributed by atoms with E-state index in [2.05, 4.69) is 22.2 Å². The molecule has 1 amide bonds. The van der Waals surface area contributed by atoms with E-state index in [0.717, 1.165) is 25.8 Å². The van der Waals surface area contributed by atoms with Crippen molar-refractivity contribution in [2.75, 3.05) is 27.3 Å². The first-order chi connectivity index (χ1) is 16.9. The van der Waals surface area contributed by atoms with E-state index in [4.69, 9.17) is 14.2 Å². The number of nitrogens with one attached hydrogen (secondary N) is 1. The first kappa shape index (κ1) is 23.3. The Labute approximate surface area is 201 Å². The van der Waals surface area contributed by atoms with Gasteiger partial charge in [-0.2, -0.15) is 8.78 Å². The van der Waals surface area contributed by atoms with Gasteiger partial charge in [-0.3, -0.25) is 9.20 Å². The third kappa shape index (κ3) is 5.02. The molecular formula is C25H28F2N4O4. The second kappa shape index (κ2) is 9.69. The number of nitrogens with zero attached hydrogens (tertiary/aromatic N) is 3. The van der Waals surface area contributed by atoms with Gasteiger partial charge in [-0.25, -0.2) is 4.98 Å². The highest BCUT2D eigenvalue weighted by Gasteiger charge is 2.29. The van der Waals surface area contributed by atoms with Crippen molar-refractivity contribution in [2.45, 2.75) is 44.4 Å². The first-order valence-corrected chi connectivity index (χ1v) is 11.7. The summed E-state index contributed by atoms with van der Waals surface area (Å²) in [5.74, 6) is 0.107. The minimum atomic E-state index is -3.09. The molecule has 5 rings (SSSR count). The average Bonchev–Trinajstić information content (AvgIpc) is 3.39. The number of rotatable bonds is 9. The molecule has 2 fully saturated rings. The minimum Gasteiger partial charge on any atom is -0.496 e. The minimum absolute atomic E-state index is 0.0511. The van der Waals surface area contributed by atoms with Crippen LogP contribution in [0.5, 0.6) is 17.2 Å². The molecule has 3 heterocycles. The number of methoxy groups -OCH3 is 1. The third-order valence-corrected chi connectivity index (χ3v) is 6.54. The van der Waals surface area contributed by atoms with E-state index in [-0.39, 0.29) is 23.1 Å². The number of fused-ring (bicyclic) bond motifs is 1. The van der Waals surface area contributed by atoms with Crippen LogP contribution >= 0.6 is 0 Å². The second-order valence-electron chi connectivity index (χ2n) is 9.00. The number of alkyl halides is 2. The first-order valence-electron chi connectivity index (χ1n) is 11.7. The Bertz CT molecular complexity index is 1230. The molecule has 2 aromatic heterocycles. The van der Waals surface area contributed by atoms with Crippen LogP contribution in [0, 0.1) is 0 Å². The zero-order valence-electron chi connectivity index (χ0n) is 19.7. The van der Waals surface area contributed by atoms with Crippen molar-refractivity contribution in [3.8, 4) is 28.5 Å². The van der Waals surface area contributed by atoms with E-state index in [9.17, 15) is 13.6 Å². The number of carbonyl (C=O) groups excluding carboxylic acids is 1. The van der Waals surface area contributed by atoms with Crippen molar-refractivity contribution in [3.63, 3.8) is 0 Å². The molecule has 1 aliphatic heterocycles. The maximum atomic E-state index is 13.2. The molecule has 1 aliphatic carbocycles. The largest absolute Gasteiger partial charge is 0.496 e. The number of likely N-dealkylation sites (N-methyl/N-ethyl adjacent to an activating group) is 1. The van der Waals surface area contributed by atoms with Crippen molar-refractivity contribution in [3.05, 3.63) is 42.2 Å². The number of imidazole rings is 1. The molecule has 1 atom stereocenters. The summed E-state index contributed by atoms with van der Waals surface area (Å²) in [5, 5.41) is 2.81. The van der Waals surface area contributed by atoms with Crippen LogP contribution in [0.1, 0.15) is 36.0 Å². The standard InChI is InChI=1S/C25H28F2N4O4/c1-30-8-3-4-17(30)14-34-18-7-9-31-19(13-28-22(31)12-18)15-10-20(33-2)23(21(11-15)35-25(26)27)24(32)29-16-5-6-16/h7,9-13,16-17,25H,3-6,8,14H2,1-2H3,(H,29,32). The van der Waals surface area contributed by atoms with Crippen LogP contribution in [0.3, 0.4) is 0 Å². The lowest BCUT2D eigenvalue weighted by molar-refractivity contribution is -0.0502. The van der Waals surface area contributed by atoms with Gasteiger partial charge in [0.05, 0.1) is 19.0 Å². The summed E-state index contributed by atoms with van der Waals surface area (Å²) >= 11 is 0. The van der Waals surface area contributed by atoms with Crippen LogP contribution in [0.15, 0.2) is 36.7 Å². The summed E-state index contributed by atoms with van der Waals surface area (Å²) in [6.45, 7) is -1.41. The lowest BCUT2D eigenvalue weighted by Gasteiger charge is -2.19. The molecule has 1 saturated carbocycles. The lowest BCUT2D eigenvalue weighted by Crippen LogP contribution is -2.30. The molecule has 186 valence electrons. The fourth-order valence-corrected chi connectivity index (χ4v) is 4.44. The van der Waals surface area contributed by atoms with Crippen molar-refractivity contribution in [1.29, 1.82) is 0 Å². The van der Waals surface area contributed by atoms with Gasteiger partial charge in [0.25, 0.3) is 5.91 Å². The lowest BCUT2D eigenvalue weighted by atomic mass is 10.1. The summed E-state index contributed by atoms with van der Waals surface area (Å²) in [7, 11) is 3.49. The molecule has 3 aromatic rings. The number of benzene rings is 1. The number of halogens is 2. The van der Waals surface area contributed by atoms with E-state index in [0.29, 0.717) is 35.3 Å². The number of likely N-dealkylation sites (tertiary alicyclic amines) is 1. The number of amides is 1. The summed E-state index contributed by atoms with van der Waals surface area (Å²) in [6, 6.07) is 7.18. The molecule has 8 nitrogen and oxygen atoms in total. The smallest absolute Gasteiger partial charge is 0.387 e. The van der Waals surface area contributed by atoms with Crippen LogP contribution in [0.25, 0.3) is 16.9 Å². The normalized spacial score (nSPS) is 18.3. The number of aromatic nitrogens is 2. The number of hydrogen-bond donors (Lipinski definition) is 1. The molecule has 1 aromatic carbocycles. The Morgan fingerprint density at radius 3 is 2.71 bits per heavy atom. The van der Waals surface area contributed by atoms with Gasteiger partial charge in [-0.1, -0.05) is 0 Å². The number of hydrogen-bond acceptors (Lipinski definition) is 6. The van der Waals surface area contributed by atoms with Gasteiger partial charge in [-0.15, -0.1) is 0 Å². The van der Waals surface area contributed by atoms with E-state index < -0.39 is 12.5 Å². The molecule has 0 bridgehead atoms. The highest BCUT2D eigenvalue weighted by Crippen LogP contribution is 2.37. The monoisotopic (exact) mass is 486 g/mol. The van der Waals surface area contributed by atoms with Crippen LogP contribution in [-0.4, -0.2) is 66.2 Å². The average molecular weight is 487 g/mol. The quantitative estimate of drug-likeness (QED) is 0.493. The number of carbonyl (C=O) groups is 1. The van der Waals surface area contributed by atoms with Crippen molar-refractivity contribution >= 4 is 11.6 Å². The van der Waals surface area contributed by atoms with Gasteiger partial charge in [0.1, 0.15) is 35.1 Å². The summed E-state index contributed by atoms with van der Waals surface area (Å²) < 4.78 is 44.4. The molecular weight excluding hydrogens is 458 g/mol. The maximum absolute atomic E-state index is 13.2. The SMILES string of the molecule is COc1cc(-c2cnc3cc(OCC4CCCN4C)ccn23)cc(OC(F)F)c1C(=O)NC1CC1. The predicted octanol–water partition coefficient (Wildman–Crippen LogP) is 3.98. The predicted molar refractivity (Wildman–Crippen MR) is 125 cm³/mol. The van der Waals surface area contributed by atoms with E-state index >= 15 is 0 Å². The molecule has 1 saturated heterocycles. The summed E-state index contributed by atoms with van der Waals surface area (Å²) in [5.41, 5.74) is 1.75. The summed E-state index contributed by atoms with van der Waals surface area (Å²) in [6.07, 6.45) is 7.47. The van der Waals surface area contributed by atoms with Gasteiger partial charge < -0.3 is 24.4 Å². The molecule has 0 spiro atoms. The number of pyridine rings is 1. The van der Waals surface area contributed by atoms with Crippen LogP contribution in [-0.2, 0) is 0 Å². The fourth-order valence-electron chi connectivity index (χ4n) is 4.44. The molecule has 35 heavy (non-hydrogen) atoms. The highest BCUT2D eigenvalue weighted by molar-refractivity contribution is 6.01. The van der Waals surface area contributed by atoms with Gasteiger partial charge in [0, 0.05) is 29.9 Å². The Balaban J connectivity index is 1.45. The van der Waals surface area contributed by atoms with E-state index in [1.165, 1.54) is 19.6 Å². The zero-order chi connectivity index (χ0) is 24.5. The van der Waals surface area contributed by atoms with Gasteiger partial charge >= 0.3 is 6.61 Å². The molecule has 1 N–H and O–H groups in total. The Morgan fingerprint density at radius 2 is 2.03 bits per heavy atom.